The van der Waals surface area contributed by atoms with Gasteiger partial charge in [0.2, 0.25) is 0 Å². The molecule has 0 unspecified atom stereocenters. The van der Waals surface area contributed by atoms with Crippen LogP contribution < -0.4 is 22.1 Å². The number of anilines is 1. The monoisotopic (exact) mass is 441 g/mol. The summed E-state index contributed by atoms with van der Waals surface area (Å²) in [6, 6.07) is 4.88. The van der Waals surface area contributed by atoms with E-state index >= 15 is 0 Å². The van der Waals surface area contributed by atoms with Gasteiger partial charge in [0.1, 0.15) is 11.5 Å². The van der Waals surface area contributed by atoms with Gasteiger partial charge in [-0.1, -0.05) is 25.3 Å². The summed E-state index contributed by atoms with van der Waals surface area (Å²) < 4.78 is 15.3. The molecule has 1 saturated carbocycles. The number of nitrogens with zero attached hydrogens (tertiary/aromatic N) is 4. The van der Waals surface area contributed by atoms with Gasteiger partial charge in [-0.05, 0) is 31.1 Å². The van der Waals surface area contributed by atoms with Crippen molar-refractivity contribution in [2.75, 3.05) is 31.1 Å². The molecule has 2 fully saturated rings. The second-order valence-corrected chi connectivity index (χ2v) is 8.53. The van der Waals surface area contributed by atoms with Gasteiger partial charge in [-0.15, -0.1) is 0 Å². The lowest BCUT2D eigenvalue weighted by Crippen LogP contribution is -2.50. The largest absolute Gasteiger partial charge is 0.504 e. The van der Waals surface area contributed by atoms with E-state index in [1.54, 1.807) is 10.9 Å². The lowest BCUT2D eigenvalue weighted by Gasteiger charge is -2.41. The van der Waals surface area contributed by atoms with Crippen molar-refractivity contribution in [2.24, 2.45) is 17.2 Å². The van der Waals surface area contributed by atoms with Crippen LogP contribution in [0.2, 0.25) is 0 Å². The Kier molecular flexibility index (Phi) is 6.55. The van der Waals surface area contributed by atoms with E-state index in [-0.39, 0.29) is 17.1 Å². The molecule has 8 nitrogen and oxygen atoms in total. The Morgan fingerprint density at radius 2 is 1.78 bits per heavy atom. The first-order chi connectivity index (χ1) is 15.4. The molecule has 1 aromatic carbocycles. The second-order valence-electron chi connectivity index (χ2n) is 8.53. The van der Waals surface area contributed by atoms with Crippen molar-refractivity contribution in [1.29, 1.82) is 0 Å². The van der Waals surface area contributed by atoms with E-state index in [2.05, 4.69) is 14.9 Å². The Labute approximate surface area is 187 Å². The maximum absolute atomic E-state index is 13.7. The van der Waals surface area contributed by atoms with Crippen LogP contribution in [0, 0.1) is 5.82 Å². The molecule has 172 valence electrons. The van der Waals surface area contributed by atoms with Gasteiger partial charge in [-0.25, -0.2) is 9.07 Å². The molecule has 1 aliphatic carbocycles. The van der Waals surface area contributed by atoms with Crippen LogP contribution in [0.25, 0.3) is 11.4 Å². The van der Waals surface area contributed by atoms with E-state index in [0.29, 0.717) is 5.70 Å². The predicted octanol–water partition coefficient (Wildman–Crippen LogP) is 2.23. The van der Waals surface area contributed by atoms with E-state index in [1.807, 2.05) is 6.20 Å². The number of hydrogen-bond donors (Lipinski definition) is 4. The summed E-state index contributed by atoms with van der Waals surface area (Å²) in [5.74, 6) is -1.26. The maximum Gasteiger partial charge on any atom is 0.165 e. The van der Waals surface area contributed by atoms with Crippen molar-refractivity contribution in [3.8, 4) is 5.75 Å². The Bertz CT molecular complexity index is 998. The number of nitrogens with two attached hydrogens (primary N) is 3. The molecule has 0 radical (unpaired) electrons. The summed E-state index contributed by atoms with van der Waals surface area (Å²) in [5, 5.41) is 14.4. The first-order valence-corrected chi connectivity index (χ1v) is 11.2. The molecule has 2 aromatic rings. The molecule has 2 heterocycles. The first kappa shape index (κ1) is 22.0. The number of hydrogen-bond acceptors (Lipinski definition) is 7. The topological polar surface area (TPSA) is 123 Å². The van der Waals surface area contributed by atoms with Gasteiger partial charge in [-0.3, -0.25) is 4.90 Å². The summed E-state index contributed by atoms with van der Waals surface area (Å²) in [6.45, 7) is 3.97. The van der Waals surface area contributed by atoms with Crippen LogP contribution in [-0.2, 0) is 0 Å². The predicted molar refractivity (Wildman–Crippen MR) is 125 cm³/mol. The van der Waals surface area contributed by atoms with Crippen molar-refractivity contribution in [2.45, 2.75) is 38.1 Å². The number of aromatic hydroxyl groups is 1. The zero-order valence-electron chi connectivity index (χ0n) is 18.3. The molecule has 1 aliphatic heterocycles. The number of halogens is 1. The standard InChI is InChI=1S/C23H32FN7O/c24-19-8-4-7-18(22(19)32)20(25)13-21(23(26)27)31-15-17(14-28-31)30-11-9-29(10-12-30)16-5-2-1-3-6-16/h4,7-8,13-16,32H,1-3,5-6,9-12,25-27H2/b20-13-. The van der Waals surface area contributed by atoms with Crippen LogP contribution in [0.15, 0.2) is 42.5 Å². The van der Waals surface area contributed by atoms with Crippen LogP contribution in [0.1, 0.15) is 37.7 Å². The molecular formula is C23H32FN7O. The van der Waals surface area contributed by atoms with Crippen LogP contribution in [0.4, 0.5) is 10.1 Å². The summed E-state index contributed by atoms with van der Waals surface area (Å²) in [7, 11) is 0. The fraction of sp³-hybridized carbons (Fsp3) is 0.435. The van der Waals surface area contributed by atoms with Crippen molar-refractivity contribution in [3.63, 3.8) is 0 Å². The molecule has 0 spiro atoms. The average Bonchev–Trinajstić information content (AvgIpc) is 3.29. The number of rotatable bonds is 5. The summed E-state index contributed by atoms with van der Waals surface area (Å²) in [5.41, 5.74) is 19.5. The fourth-order valence-corrected chi connectivity index (χ4v) is 4.65. The quantitative estimate of drug-likeness (QED) is 0.525. The Balaban J connectivity index is 1.48. The van der Waals surface area contributed by atoms with Crippen molar-refractivity contribution in [1.82, 2.24) is 14.7 Å². The van der Waals surface area contributed by atoms with Gasteiger partial charge in [0.15, 0.2) is 11.6 Å². The lowest BCUT2D eigenvalue weighted by molar-refractivity contribution is 0.148. The van der Waals surface area contributed by atoms with Crippen LogP contribution >= 0.6 is 0 Å². The molecule has 0 amide bonds. The minimum atomic E-state index is -0.751. The maximum atomic E-state index is 13.7. The molecule has 1 saturated heterocycles. The van der Waals surface area contributed by atoms with Gasteiger partial charge in [0, 0.05) is 43.5 Å². The second kappa shape index (κ2) is 9.52. The third kappa shape index (κ3) is 4.67. The Hall–Kier alpha value is -3.20. The van der Waals surface area contributed by atoms with Crippen LogP contribution in [0.3, 0.4) is 0 Å². The first-order valence-electron chi connectivity index (χ1n) is 11.2. The molecule has 2 aliphatic rings. The molecular weight excluding hydrogens is 409 g/mol. The summed E-state index contributed by atoms with van der Waals surface area (Å²) in [4.78, 5) is 4.93. The minimum absolute atomic E-state index is 0.0145. The highest BCUT2D eigenvalue weighted by Crippen LogP contribution is 2.28. The lowest BCUT2D eigenvalue weighted by atomic mass is 9.94. The Morgan fingerprint density at radius 3 is 2.47 bits per heavy atom. The number of aromatic nitrogens is 2. The number of para-hydroxylation sites is 1. The molecule has 1 aromatic heterocycles. The molecule has 9 heteroatoms. The highest BCUT2D eigenvalue weighted by Gasteiger charge is 2.25. The number of allylic oxidation sites excluding steroid dienone is 2. The van der Waals surface area contributed by atoms with Crippen LogP contribution in [-0.4, -0.2) is 52.0 Å². The zero-order chi connectivity index (χ0) is 22.7. The number of phenols is 1. The van der Waals surface area contributed by atoms with E-state index in [4.69, 9.17) is 17.2 Å². The summed E-state index contributed by atoms with van der Waals surface area (Å²) in [6.07, 6.45) is 11.8. The average molecular weight is 442 g/mol. The smallest absolute Gasteiger partial charge is 0.165 e. The Morgan fingerprint density at radius 1 is 1.06 bits per heavy atom. The number of benzene rings is 1. The van der Waals surface area contributed by atoms with Crippen LogP contribution in [0.5, 0.6) is 5.75 Å². The van der Waals surface area contributed by atoms with Crippen molar-refractivity contribution < 1.29 is 9.50 Å². The van der Waals surface area contributed by atoms with Gasteiger partial charge in [-0.2, -0.15) is 5.10 Å². The molecule has 0 atom stereocenters. The van der Waals surface area contributed by atoms with E-state index < -0.39 is 11.6 Å². The van der Waals surface area contributed by atoms with Gasteiger partial charge >= 0.3 is 0 Å². The van der Waals surface area contributed by atoms with E-state index in [0.717, 1.165) is 44.0 Å². The van der Waals surface area contributed by atoms with Crippen molar-refractivity contribution in [3.05, 3.63) is 53.9 Å². The van der Waals surface area contributed by atoms with Gasteiger partial charge in [0.25, 0.3) is 0 Å². The SMILES string of the molecule is NC(N)=C(/C=C(\N)c1cccc(F)c1O)n1cc(N2CCN(C3CCCCC3)CC2)cn1. The molecule has 32 heavy (non-hydrogen) atoms. The zero-order valence-corrected chi connectivity index (χ0v) is 18.3. The molecule has 0 bridgehead atoms. The third-order valence-corrected chi connectivity index (χ3v) is 6.47. The highest BCUT2D eigenvalue weighted by molar-refractivity contribution is 5.78. The van der Waals surface area contributed by atoms with E-state index in [9.17, 15) is 9.50 Å². The van der Waals surface area contributed by atoms with Gasteiger partial charge < -0.3 is 27.2 Å². The van der Waals surface area contributed by atoms with E-state index in [1.165, 1.54) is 50.3 Å². The molecule has 4 rings (SSSR count). The third-order valence-electron chi connectivity index (χ3n) is 6.47. The van der Waals surface area contributed by atoms with Crippen molar-refractivity contribution >= 4 is 17.1 Å². The molecule has 7 N–H and O–H groups in total. The highest BCUT2D eigenvalue weighted by atomic mass is 19.1. The van der Waals surface area contributed by atoms with Gasteiger partial charge in [0.05, 0.1) is 18.1 Å². The minimum Gasteiger partial charge on any atom is -0.504 e. The number of piperazine rings is 1. The normalized spacial score (nSPS) is 18.7. The fourth-order valence-electron chi connectivity index (χ4n) is 4.65. The number of phenolic OH excluding ortho intramolecular Hbond substituents is 1. The summed E-state index contributed by atoms with van der Waals surface area (Å²) >= 11 is 0.